The summed E-state index contributed by atoms with van der Waals surface area (Å²) < 4.78 is 1.91. The van der Waals surface area contributed by atoms with Gasteiger partial charge in [-0.1, -0.05) is 25.0 Å². The molecule has 2 N–H and O–H groups in total. The first-order valence-electron chi connectivity index (χ1n) is 8.61. The second-order valence-electron chi connectivity index (χ2n) is 6.82. The molecule has 1 amide bonds. The zero-order valence-corrected chi connectivity index (χ0v) is 14.3. The van der Waals surface area contributed by atoms with Gasteiger partial charge in [-0.05, 0) is 37.5 Å². The van der Waals surface area contributed by atoms with E-state index < -0.39 is 11.4 Å². The van der Waals surface area contributed by atoms with Gasteiger partial charge in [-0.15, -0.1) is 0 Å². The minimum absolute atomic E-state index is 0.0554. The van der Waals surface area contributed by atoms with Crippen LogP contribution in [0, 0.1) is 5.41 Å². The third-order valence-corrected chi connectivity index (χ3v) is 5.09. The molecular formula is C19H23N3O3. The van der Waals surface area contributed by atoms with Crippen molar-refractivity contribution in [1.29, 1.82) is 0 Å². The summed E-state index contributed by atoms with van der Waals surface area (Å²) in [5, 5.41) is 12.4. The van der Waals surface area contributed by atoms with Crippen molar-refractivity contribution in [1.82, 2.24) is 14.9 Å². The summed E-state index contributed by atoms with van der Waals surface area (Å²) in [5.41, 5.74) is 1.10. The monoisotopic (exact) mass is 341 g/mol. The summed E-state index contributed by atoms with van der Waals surface area (Å²) in [6, 6.07) is 7.69. The van der Waals surface area contributed by atoms with E-state index in [0.29, 0.717) is 12.8 Å². The molecule has 1 fully saturated rings. The molecule has 1 aliphatic carbocycles. The van der Waals surface area contributed by atoms with E-state index >= 15 is 0 Å². The Labute approximate surface area is 146 Å². The minimum atomic E-state index is -0.880. The lowest BCUT2D eigenvalue weighted by Crippen LogP contribution is -2.36. The van der Waals surface area contributed by atoms with Gasteiger partial charge in [0.1, 0.15) is 0 Å². The van der Waals surface area contributed by atoms with Gasteiger partial charge in [0.25, 0.3) is 0 Å². The summed E-state index contributed by atoms with van der Waals surface area (Å²) in [7, 11) is 0. The maximum atomic E-state index is 12.4. The van der Waals surface area contributed by atoms with Gasteiger partial charge in [0.05, 0.1) is 17.8 Å². The molecule has 0 saturated heterocycles. The van der Waals surface area contributed by atoms with Crippen LogP contribution in [0.5, 0.6) is 0 Å². The van der Waals surface area contributed by atoms with Crippen LogP contribution in [0.1, 0.15) is 50.6 Å². The Hall–Kier alpha value is -2.63. The van der Waals surface area contributed by atoms with Crippen molar-refractivity contribution in [3.05, 3.63) is 48.5 Å². The number of aromatic nitrogens is 2. The predicted molar refractivity (Wildman–Crippen MR) is 93.3 cm³/mol. The van der Waals surface area contributed by atoms with Crippen LogP contribution in [0.3, 0.4) is 0 Å². The molecule has 132 valence electrons. The number of carbonyl (C=O) groups is 2. The molecule has 1 atom stereocenters. The number of aliphatic carboxylic acids is 1. The van der Waals surface area contributed by atoms with Crippen molar-refractivity contribution < 1.29 is 14.7 Å². The molecule has 1 saturated carbocycles. The fourth-order valence-electron chi connectivity index (χ4n) is 3.55. The molecule has 6 heteroatoms. The molecule has 0 radical (unpaired) electrons. The summed E-state index contributed by atoms with van der Waals surface area (Å²) >= 11 is 0. The number of hydrogen-bond donors (Lipinski definition) is 2. The van der Waals surface area contributed by atoms with E-state index in [2.05, 4.69) is 10.3 Å². The second-order valence-corrected chi connectivity index (χ2v) is 6.82. The van der Waals surface area contributed by atoms with E-state index in [9.17, 15) is 14.7 Å². The molecule has 0 bridgehead atoms. The lowest BCUT2D eigenvalue weighted by molar-refractivity contribution is -0.151. The zero-order valence-electron chi connectivity index (χ0n) is 14.3. The molecule has 1 aromatic carbocycles. The van der Waals surface area contributed by atoms with Gasteiger partial charge in [-0.2, -0.15) is 0 Å². The first kappa shape index (κ1) is 17.2. The van der Waals surface area contributed by atoms with Crippen molar-refractivity contribution in [2.75, 3.05) is 0 Å². The maximum Gasteiger partial charge on any atom is 0.310 e. The number of nitrogens with one attached hydrogen (secondary N) is 1. The average Bonchev–Trinajstić information content (AvgIpc) is 3.27. The summed E-state index contributed by atoms with van der Waals surface area (Å²) in [5.74, 6) is -1.05. The largest absolute Gasteiger partial charge is 0.481 e. The SMILES string of the molecule is CC(NC(=O)CC1(C(=O)O)CCCC1)c1ccc(-n2ccnc2)cc1. The normalized spacial score (nSPS) is 17.2. The van der Waals surface area contributed by atoms with Gasteiger partial charge < -0.3 is 15.0 Å². The van der Waals surface area contributed by atoms with Gasteiger partial charge in [0, 0.05) is 24.5 Å². The van der Waals surface area contributed by atoms with Crippen LogP contribution >= 0.6 is 0 Å². The third-order valence-electron chi connectivity index (χ3n) is 5.09. The lowest BCUT2D eigenvalue weighted by atomic mass is 9.82. The second kappa shape index (κ2) is 7.09. The minimum Gasteiger partial charge on any atom is -0.481 e. The van der Waals surface area contributed by atoms with Crippen LogP contribution in [0.25, 0.3) is 5.69 Å². The van der Waals surface area contributed by atoms with Crippen LogP contribution < -0.4 is 5.32 Å². The Bertz CT molecular complexity index is 732. The predicted octanol–water partition coefficient (Wildman–Crippen LogP) is 3.08. The van der Waals surface area contributed by atoms with Crippen LogP contribution in [0.15, 0.2) is 43.0 Å². The number of benzene rings is 1. The van der Waals surface area contributed by atoms with Crippen LogP contribution in [0.2, 0.25) is 0 Å². The third kappa shape index (κ3) is 3.73. The molecule has 1 unspecified atom stereocenters. The standard InChI is InChI=1S/C19H23N3O3/c1-14(15-4-6-16(7-5-15)22-11-10-20-13-22)21-17(23)12-19(18(24)25)8-2-3-9-19/h4-7,10-11,13-14H,2-3,8-9,12H2,1H3,(H,21,23)(H,24,25). The summed E-state index contributed by atoms with van der Waals surface area (Å²) in [4.78, 5) is 28.0. The van der Waals surface area contributed by atoms with Crippen molar-refractivity contribution >= 4 is 11.9 Å². The molecule has 0 spiro atoms. The maximum absolute atomic E-state index is 12.4. The van der Waals surface area contributed by atoms with Gasteiger partial charge in [-0.3, -0.25) is 9.59 Å². The van der Waals surface area contributed by atoms with Crippen molar-refractivity contribution in [3.63, 3.8) is 0 Å². The Kier molecular flexibility index (Phi) is 4.88. The number of carbonyl (C=O) groups excluding carboxylic acids is 1. The number of carboxylic acid groups (broad SMARTS) is 1. The van der Waals surface area contributed by atoms with Gasteiger partial charge in [0.15, 0.2) is 0 Å². The fourth-order valence-corrected chi connectivity index (χ4v) is 3.55. The zero-order chi connectivity index (χ0) is 17.9. The molecule has 6 nitrogen and oxygen atoms in total. The highest BCUT2D eigenvalue weighted by molar-refractivity contribution is 5.85. The molecule has 0 aliphatic heterocycles. The number of amides is 1. The molecule has 2 aromatic rings. The first-order valence-corrected chi connectivity index (χ1v) is 8.61. The number of hydrogen-bond acceptors (Lipinski definition) is 3. The Morgan fingerprint density at radius 1 is 1.28 bits per heavy atom. The van der Waals surface area contributed by atoms with Gasteiger partial charge >= 0.3 is 5.97 Å². The molecule has 25 heavy (non-hydrogen) atoms. The number of carboxylic acids is 1. The highest BCUT2D eigenvalue weighted by atomic mass is 16.4. The highest BCUT2D eigenvalue weighted by Gasteiger charge is 2.43. The van der Waals surface area contributed by atoms with Crippen LogP contribution in [-0.2, 0) is 9.59 Å². The Morgan fingerprint density at radius 3 is 2.52 bits per heavy atom. The Balaban J connectivity index is 1.62. The van der Waals surface area contributed by atoms with E-state index in [1.165, 1.54) is 0 Å². The fraction of sp³-hybridized carbons (Fsp3) is 0.421. The van der Waals surface area contributed by atoms with E-state index in [1.54, 1.807) is 12.5 Å². The molecular weight excluding hydrogens is 318 g/mol. The van der Waals surface area contributed by atoms with Crippen molar-refractivity contribution in [3.8, 4) is 5.69 Å². The van der Waals surface area contributed by atoms with Crippen LogP contribution in [-0.4, -0.2) is 26.5 Å². The van der Waals surface area contributed by atoms with E-state index in [0.717, 1.165) is 24.1 Å². The lowest BCUT2D eigenvalue weighted by Gasteiger charge is -2.24. The average molecular weight is 341 g/mol. The smallest absolute Gasteiger partial charge is 0.310 e. The van der Waals surface area contributed by atoms with Crippen molar-refractivity contribution in [2.24, 2.45) is 5.41 Å². The topological polar surface area (TPSA) is 84.2 Å². The first-order chi connectivity index (χ1) is 12.0. The number of imidazole rings is 1. The quantitative estimate of drug-likeness (QED) is 0.845. The summed E-state index contributed by atoms with van der Waals surface area (Å²) in [6.45, 7) is 1.91. The van der Waals surface area contributed by atoms with Gasteiger partial charge in [-0.25, -0.2) is 4.98 Å². The van der Waals surface area contributed by atoms with E-state index in [4.69, 9.17) is 0 Å². The number of rotatable bonds is 6. The molecule has 3 rings (SSSR count). The Morgan fingerprint density at radius 2 is 1.96 bits per heavy atom. The molecule has 1 heterocycles. The highest BCUT2D eigenvalue weighted by Crippen LogP contribution is 2.41. The molecule has 1 aliphatic rings. The molecule has 1 aromatic heterocycles. The van der Waals surface area contributed by atoms with Gasteiger partial charge in [0.2, 0.25) is 5.91 Å². The van der Waals surface area contributed by atoms with E-state index in [-0.39, 0.29) is 18.4 Å². The van der Waals surface area contributed by atoms with Crippen molar-refractivity contribution in [2.45, 2.75) is 45.1 Å². The number of nitrogens with zero attached hydrogens (tertiary/aromatic N) is 2. The van der Waals surface area contributed by atoms with Crippen LogP contribution in [0.4, 0.5) is 0 Å². The summed E-state index contributed by atoms with van der Waals surface area (Å²) in [6.07, 6.45) is 8.31. The van der Waals surface area contributed by atoms with E-state index in [1.807, 2.05) is 42.0 Å².